The average molecular weight is 410 g/mol. The monoisotopic (exact) mass is 409 g/mol. The fourth-order valence-electron chi connectivity index (χ4n) is 3.27. The van der Waals surface area contributed by atoms with Crippen molar-refractivity contribution in [1.29, 1.82) is 0 Å². The van der Waals surface area contributed by atoms with E-state index in [-0.39, 0.29) is 24.1 Å². The number of aliphatic hydroxyl groups excluding tert-OH is 1. The van der Waals surface area contributed by atoms with E-state index in [0.29, 0.717) is 51.6 Å². The first-order valence-corrected chi connectivity index (χ1v) is 9.26. The molecule has 2 aromatic carbocycles. The molecule has 0 aliphatic carbocycles. The van der Waals surface area contributed by atoms with Crippen molar-refractivity contribution in [1.82, 2.24) is 0 Å². The SMILES string of the molecule is C[N+](C)(CCc1ccc(Cl)cc1F)CC(O)c1cc(O)cc2c1OCC(=O)N2. The number of benzene rings is 2. The van der Waals surface area contributed by atoms with Gasteiger partial charge in [-0.25, -0.2) is 4.39 Å². The Bertz CT molecular complexity index is 904. The summed E-state index contributed by atoms with van der Waals surface area (Å²) in [6.45, 7) is 0.738. The number of phenols is 1. The highest BCUT2D eigenvalue weighted by Crippen LogP contribution is 2.39. The van der Waals surface area contributed by atoms with E-state index in [1.54, 1.807) is 12.1 Å². The number of amides is 1. The van der Waals surface area contributed by atoms with Crippen LogP contribution in [0.4, 0.5) is 10.1 Å². The topological polar surface area (TPSA) is 78.8 Å². The van der Waals surface area contributed by atoms with Gasteiger partial charge in [0, 0.05) is 23.1 Å². The molecule has 1 aliphatic heterocycles. The summed E-state index contributed by atoms with van der Waals surface area (Å²) in [4.78, 5) is 11.5. The highest BCUT2D eigenvalue weighted by molar-refractivity contribution is 6.30. The van der Waals surface area contributed by atoms with Crippen LogP contribution in [0.2, 0.25) is 5.02 Å². The number of halogens is 2. The Labute approximate surface area is 167 Å². The first kappa shape index (κ1) is 20.4. The van der Waals surface area contributed by atoms with Crippen molar-refractivity contribution >= 4 is 23.2 Å². The summed E-state index contributed by atoms with van der Waals surface area (Å²) in [6, 6.07) is 7.41. The number of ether oxygens (including phenoxy) is 1. The highest BCUT2D eigenvalue weighted by Gasteiger charge is 2.28. The van der Waals surface area contributed by atoms with Gasteiger partial charge in [-0.15, -0.1) is 0 Å². The maximum Gasteiger partial charge on any atom is 0.262 e. The van der Waals surface area contributed by atoms with E-state index < -0.39 is 6.10 Å². The van der Waals surface area contributed by atoms with E-state index in [1.807, 2.05) is 14.1 Å². The predicted molar refractivity (Wildman–Crippen MR) is 104 cm³/mol. The fraction of sp³-hybridized carbons (Fsp3) is 0.350. The second kappa shape index (κ2) is 7.95. The van der Waals surface area contributed by atoms with Crippen LogP contribution in [0.5, 0.6) is 11.5 Å². The number of anilines is 1. The van der Waals surface area contributed by atoms with E-state index >= 15 is 0 Å². The number of likely N-dealkylation sites (N-methyl/N-ethyl adjacent to an activating group) is 1. The molecule has 0 aromatic heterocycles. The van der Waals surface area contributed by atoms with E-state index in [0.717, 1.165) is 0 Å². The number of fused-ring (bicyclic) bond motifs is 1. The summed E-state index contributed by atoms with van der Waals surface area (Å²) in [5, 5.41) is 23.7. The normalized spacial score (nSPS) is 14.8. The minimum atomic E-state index is -0.944. The maximum absolute atomic E-state index is 14.0. The number of aromatic hydroxyl groups is 1. The van der Waals surface area contributed by atoms with Gasteiger partial charge in [-0.3, -0.25) is 4.79 Å². The zero-order valence-corrected chi connectivity index (χ0v) is 16.5. The Balaban J connectivity index is 1.73. The Morgan fingerprint density at radius 2 is 2.07 bits per heavy atom. The summed E-state index contributed by atoms with van der Waals surface area (Å²) >= 11 is 5.79. The molecule has 1 aliphatic rings. The molecule has 0 fully saturated rings. The lowest BCUT2D eigenvalue weighted by molar-refractivity contribution is -0.893. The van der Waals surface area contributed by atoms with Gasteiger partial charge in [-0.1, -0.05) is 17.7 Å². The van der Waals surface area contributed by atoms with Crippen LogP contribution in [0.3, 0.4) is 0 Å². The van der Waals surface area contributed by atoms with Crippen LogP contribution in [0.15, 0.2) is 30.3 Å². The third-order valence-electron chi connectivity index (χ3n) is 4.75. The van der Waals surface area contributed by atoms with Gasteiger partial charge >= 0.3 is 0 Å². The van der Waals surface area contributed by atoms with Crippen LogP contribution >= 0.6 is 11.6 Å². The number of hydrogen-bond acceptors (Lipinski definition) is 4. The number of nitrogens with one attached hydrogen (secondary N) is 1. The van der Waals surface area contributed by atoms with Crippen molar-refractivity contribution in [2.75, 3.05) is 39.1 Å². The smallest absolute Gasteiger partial charge is 0.262 e. The number of carbonyl (C=O) groups excluding carboxylic acids is 1. The Morgan fingerprint density at radius 3 is 2.79 bits per heavy atom. The molecular formula is C20H23ClFN2O4+. The van der Waals surface area contributed by atoms with Crippen molar-refractivity contribution in [3.05, 3.63) is 52.3 Å². The molecule has 2 aromatic rings. The van der Waals surface area contributed by atoms with Gasteiger partial charge in [0.15, 0.2) is 6.61 Å². The predicted octanol–water partition coefficient (Wildman–Crippen LogP) is 2.87. The lowest BCUT2D eigenvalue weighted by atomic mass is 10.0. The zero-order chi connectivity index (χ0) is 20.5. The largest absolute Gasteiger partial charge is 0.508 e. The molecule has 1 amide bonds. The quantitative estimate of drug-likeness (QED) is 0.641. The number of rotatable bonds is 6. The first-order chi connectivity index (χ1) is 13.1. The Kier molecular flexibility index (Phi) is 5.79. The molecule has 0 spiro atoms. The number of nitrogens with zero attached hydrogens (tertiary/aromatic N) is 1. The van der Waals surface area contributed by atoms with E-state index in [1.165, 1.54) is 18.2 Å². The van der Waals surface area contributed by atoms with Gasteiger partial charge in [0.2, 0.25) is 0 Å². The summed E-state index contributed by atoms with van der Waals surface area (Å²) in [7, 11) is 3.85. The van der Waals surface area contributed by atoms with Crippen molar-refractivity contribution in [2.24, 2.45) is 0 Å². The van der Waals surface area contributed by atoms with Crippen molar-refractivity contribution in [3.8, 4) is 11.5 Å². The van der Waals surface area contributed by atoms with Crippen LogP contribution in [0.1, 0.15) is 17.2 Å². The van der Waals surface area contributed by atoms with Crippen LogP contribution in [-0.2, 0) is 11.2 Å². The first-order valence-electron chi connectivity index (χ1n) is 8.88. The van der Waals surface area contributed by atoms with Gasteiger partial charge in [-0.05, 0) is 23.8 Å². The third-order valence-corrected chi connectivity index (χ3v) is 4.99. The van der Waals surface area contributed by atoms with Crippen LogP contribution in [0, 0.1) is 5.82 Å². The molecule has 1 unspecified atom stereocenters. The van der Waals surface area contributed by atoms with E-state index in [4.69, 9.17) is 16.3 Å². The van der Waals surface area contributed by atoms with Gasteiger partial charge < -0.3 is 24.7 Å². The second-order valence-corrected chi connectivity index (χ2v) is 8.03. The van der Waals surface area contributed by atoms with Gasteiger partial charge in [-0.2, -0.15) is 0 Å². The number of aliphatic hydroxyl groups is 1. The standard InChI is InChI=1S/C20H22ClFN2O4/c1-24(2,6-5-12-3-4-13(21)7-16(12)22)10-18(26)15-8-14(25)9-17-20(15)28-11-19(27)23-17/h3-4,7-9,18,26H,5-6,10-11H2,1-2H3,(H-,23,25,27)/p+1. The summed E-state index contributed by atoms with van der Waals surface area (Å²) < 4.78 is 19.9. The average Bonchev–Trinajstić information content (AvgIpc) is 2.59. The molecule has 1 heterocycles. The molecule has 0 radical (unpaired) electrons. The summed E-state index contributed by atoms with van der Waals surface area (Å²) in [5.41, 5.74) is 1.29. The van der Waals surface area contributed by atoms with Gasteiger partial charge in [0.25, 0.3) is 5.91 Å². The van der Waals surface area contributed by atoms with Gasteiger partial charge in [0.05, 0.1) is 26.3 Å². The van der Waals surface area contributed by atoms with Crippen LogP contribution < -0.4 is 10.1 Å². The molecule has 0 saturated heterocycles. The summed E-state index contributed by atoms with van der Waals surface area (Å²) in [5.74, 6) is -0.389. The Morgan fingerprint density at radius 1 is 1.32 bits per heavy atom. The molecular weight excluding hydrogens is 387 g/mol. The minimum Gasteiger partial charge on any atom is -0.508 e. The lowest BCUT2D eigenvalue weighted by Crippen LogP contribution is -2.44. The minimum absolute atomic E-state index is 0.0767. The molecule has 3 N–H and O–H groups in total. The van der Waals surface area contributed by atoms with Gasteiger partial charge in [0.1, 0.15) is 30.0 Å². The molecule has 0 saturated carbocycles. The van der Waals surface area contributed by atoms with Crippen LogP contribution in [0.25, 0.3) is 0 Å². The Hall–Kier alpha value is -2.35. The number of hydrogen-bond donors (Lipinski definition) is 3. The van der Waals surface area contributed by atoms with Crippen molar-refractivity contribution in [3.63, 3.8) is 0 Å². The van der Waals surface area contributed by atoms with E-state index in [9.17, 15) is 19.4 Å². The third kappa shape index (κ3) is 4.73. The van der Waals surface area contributed by atoms with Crippen molar-refractivity contribution < 1.29 is 28.6 Å². The number of carbonyl (C=O) groups is 1. The van der Waals surface area contributed by atoms with Crippen LogP contribution in [-0.4, -0.2) is 54.4 Å². The molecule has 1 atom stereocenters. The highest BCUT2D eigenvalue weighted by atomic mass is 35.5. The molecule has 8 heteroatoms. The molecule has 150 valence electrons. The zero-order valence-electron chi connectivity index (χ0n) is 15.7. The maximum atomic E-state index is 14.0. The second-order valence-electron chi connectivity index (χ2n) is 7.59. The number of quaternary nitrogens is 1. The number of phenolic OH excluding ortho intramolecular Hbond substituents is 1. The fourth-order valence-corrected chi connectivity index (χ4v) is 3.43. The molecule has 6 nitrogen and oxygen atoms in total. The van der Waals surface area contributed by atoms with E-state index in [2.05, 4.69) is 5.32 Å². The molecule has 0 bridgehead atoms. The summed E-state index contributed by atoms with van der Waals surface area (Å²) in [6.07, 6.45) is -0.464. The van der Waals surface area contributed by atoms with Crippen molar-refractivity contribution in [2.45, 2.75) is 12.5 Å². The molecule has 28 heavy (non-hydrogen) atoms. The lowest BCUT2D eigenvalue weighted by Gasteiger charge is -2.33. The molecule has 3 rings (SSSR count).